The van der Waals surface area contributed by atoms with Crippen LogP contribution in [0.1, 0.15) is 40.5 Å². The van der Waals surface area contributed by atoms with Crippen molar-refractivity contribution in [2.45, 2.75) is 40.5 Å². The van der Waals surface area contributed by atoms with E-state index in [-0.39, 0.29) is 18.0 Å². The van der Waals surface area contributed by atoms with Gasteiger partial charge in [-0.3, -0.25) is 14.4 Å². The number of ketones is 2. The van der Waals surface area contributed by atoms with Crippen LogP contribution in [0.25, 0.3) is 0 Å². The number of Topliss-reactive ketones (excluding diaryl/α,β-unsaturated/α-hetero) is 2. The maximum absolute atomic E-state index is 12.7. The Morgan fingerprint density at radius 1 is 1.14 bits per heavy atom. The van der Waals surface area contributed by atoms with Gasteiger partial charge in [-0.1, -0.05) is 13.8 Å². The number of hydrogen-bond donors (Lipinski definition) is 1. The van der Waals surface area contributed by atoms with Crippen LogP contribution in [0.3, 0.4) is 0 Å². The fourth-order valence-corrected chi connectivity index (χ4v) is 2.81. The SMILES string of the molecule is COCCC1=C(C)C(=O)C(C)=C(C(C)(C)CC(=O)O)C1=O. The van der Waals surface area contributed by atoms with Crippen LogP contribution in [-0.4, -0.2) is 36.4 Å². The second kappa shape index (κ2) is 6.35. The van der Waals surface area contributed by atoms with E-state index in [2.05, 4.69) is 0 Å². The van der Waals surface area contributed by atoms with Gasteiger partial charge in [-0.05, 0) is 13.8 Å². The third-order valence-corrected chi connectivity index (χ3v) is 3.84. The molecule has 1 N–H and O–H groups in total. The Kier molecular flexibility index (Phi) is 5.23. The lowest BCUT2D eigenvalue weighted by atomic mass is 9.70. The van der Waals surface area contributed by atoms with Gasteiger partial charge in [0.05, 0.1) is 13.0 Å². The summed E-state index contributed by atoms with van der Waals surface area (Å²) in [6.07, 6.45) is 0.155. The summed E-state index contributed by atoms with van der Waals surface area (Å²) in [5.74, 6) is -1.41. The highest BCUT2D eigenvalue weighted by atomic mass is 16.5. The van der Waals surface area contributed by atoms with Crippen molar-refractivity contribution in [1.29, 1.82) is 0 Å². The zero-order valence-electron chi connectivity index (χ0n) is 13.2. The van der Waals surface area contributed by atoms with E-state index >= 15 is 0 Å². The van der Waals surface area contributed by atoms with Crippen molar-refractivity contribution in [2.24, 2.45) is 5.41 Å². The molecule has 21 heavy (non-hydrogen) atoms. The molecule has 116 valence electrons. The first-order valence-electron chi connectivity index (χ1n) is 6.84. The van der Waals surface area contributed by atoms with E-state index in [4.69, 9.17) is 9.84 Å². The standard InChI is InChI=1S/C16H22O5/c1-9-11(6-7-21-5)15(20)13(10(2)14(9)19)16(3,4)8-12(17)18/h6-8H2,1-5H3,(H,17,18). The third-order valence-electron chi connectivity index (χ3n) is 3.84. The number of ether oxygens (including phenoxy) is 1. The molecule has 5 nitrogen and oxygen atoms in total. The summed E-state index contributed by atoms with van der Waals surface area (Å²) in [5, 5.41) is 9.03. The van der Waals surface area contributed by atoms with Gasteiger partial charge in [0.15, 0.2) is 11.6 Å². The molecule has 0 radical (unpaired) electrons. The molecule has 0 unspecified atom stereocenters. The Hall–Kier alpha value is -1.75. The van der Waals surface area contributed by atoms with Gasteiger partial charge in [0.2, 0.25) is 0 Å². The smallest absolute Gasteiger partial charge is 0.304 e. The van der Waals surface area contributed by atoms with E-state index < -0.39 is 11.4 Å². The number of hydrogen-bond acceptors (Lipinski definition) is 4. The zero-order chi connectivity index (χ0) is 16.4. The fourth-order valence-electron chi connectivity index (χ4n) is 2.81. The summed E-state index contributed by atoms with van der Waals surface area (Å²) in [4.78, 5) is 36.1. The van der Waals surface area contributed by atoms with E-state index in [9.17, 15) is 14.4 Å². The molecule has 0 amide bonds. The highest BCUT2D eigenvalue weighted by Gasteiger charge is 2.39. The van der Waals surface area contributed by atoms with Crippen LogP contribution in [0.4, 0.5) is 0 Å². The molecule has 0 saturated heterocycles. The van der Waals surface area contributed by atoms with Crippen LogP contribution in [0, 0.1) is 5.41 Å². The average molecular weight is 294 g/mol. The number of carbonyl (C=O) groups is 3. The molecule has 5 heteroatoms. The predicted molar refractivity (Wildman–Crippen MR) is 77.9 cm³/mol. The van der Waals surface area contributed by atoms with E-state index in [1.165, 1.54) is 7.11 Å². The molecule has 0 spiro atoms. The van der Waals surface area contributed by atoms with Crippen molar-refractivity contribution in [1.82, 2.24) is 0 Å². The Balaban J connectivity index is 3.30. The monoisotopic (exact) mass is 294 g/mol. The number of aliphatic carboxylic acids is 1. The molecule has 0 bridgehead atoms. The second-order valence-corrected chi connectivity index (χ2v) is 5.96. The second-order valence-electron chi connectivity index (χ2n) is 5.96. The Morgan fingerprint density at radius 2 is 1.71 bits per heavy atom. The first kappa shape index (κ1) is 17.3. The highest BCUT2D eigenvalue weighted by molar-refractivity contribution is 6.25. The van der Waals surface area contributed by atoms with Gasteiger partial charge in [-0.25, -0.2) is 0 Å². The minimum Gasteiger partial charge on any atom is -0.481 e. The van der Waals surface area contributed by atoms with Crippen molar-refractivity contribution in [2.75, 3.05) is 13.7 Å². The van der Waals surface area contributed by atoms with Crippen molar-refractivity contribution in [3.63, 3.8) is 0 Å². The first-order chi connectivity index (χ1) is 9.63. The number of carboxylic acid groups (broad SMARTS) is 1. The van der Waals surface area contributed by atoms with E-state index in [0.29, 0.717) is 35.3 Å². The largest absolute Gasteiger partial charge is 0.481 e. The topological polar surface area (TPSA) is 80.7 Å². The molecule has 1 aliphatic carbocycles. The van der Waals surface area contributed by atoms with Gasteiger partial charge in [-0.2, -0.15) is 0 Å². The molecule has 0 aromatic carbocycles. The molecule has 0 aromatic rings. The summed E-state index contributed by atoms with van der Waals surface area (Å²) in [6, 6.07) is 0. The molecule has 0 aromatic heterocycles. The number of allylic oxidation sites excluding steroid dienone is 3. The normalized spacial score (nSPS) is 16.8. The number of carbonyl (C=O) groups excluding carboxylic acids is 2. The van der Waals surface area contributed by atoms with E-state index in [1.54, 1.807) is 27.7 Å². The minimum absolute atomic E-state index is 0.186. The van der Waals surface area contributed by atoms with Gasteiger partial charge in [0.25, 0.3) is 0 Å². The summed E-state index contributed by atoms with van der Waals surface area (Å²) >= 11 is 0. The average Bonchev–Trinajstić information content (AvgIpc) is 2.34. The van der Waals surface area contributed by atoms with Gasteiger partial charge in [-0.15, -0.1) is 0 Å². The van der Waals surface area contributed by atoms with Gasteiger partial charge >= 0.3 is 5.97 Å². The van der Waals surface area contributed by atoms with E-state index in [1.807, 2.05) is 0 Å². The lowest BCUT2D eigenvalue weighted by molar-refractivity contribution is -0.138. The predicted octanol–water partition coefficient (Wildman–Crippen LogP) is 2.31. The molecule has 0 fully saturated rings. The molecule has 0 atom stereocenters. The van der Waals surface area contributed by atoms with Crippen LogP contribution in [0.5, 0.6) is 0 Å². The molecule has 1 rings (SSSR count). The molecule has 1 aliphatic rings. The van der Waals surface area contributed by atoms with Crippen molar-refractivity contribution in [3.05, 3.63) is 22.3 Å². The number of methoxy groups -OCH3 is 1. The third kappa shape index (κ3) is 3.47. The lowest BCUT2D eigenvalue weighted by Gasteiger charge is -2.31. The van der Waals surface area contributed by atoms with Gasteiger partial charge < -0.3 is 9.84 Å². The Labute approximate surface area is 124 Å². The van der Waals surface area contributed by atoms with E-state index in [0.717, 1.165) is 0 Å². The van der Waals surface area contributed by atoms with Gasteiger partial charge in [0.1, 0.15) is 0 Å². The van der Waals surface area contributed by atoms with Crippen LogP contribution in [0.15, 0.2) is 22.3 Å². The molecule has 0 heterocycles. The summed E-state index contributed by atoms with van der Waals surface area (Å²) < 4.78 is 4.98. The highest BCUT2D eigenvalue weighted by Crippen LogP contribution is 2.39. The number of rotatable bonds is 6. The Bertz CT molecular complexity index is 549. The van der Waals surface area contributed by atoms with Crippen molar-refractivity contribution in [3.8, 4) is 0 Å². The minimum atomic E-state index is -0.995. The van der Waals surface area contributed by atoms with Crippen molar-refractivity contribution < 1.29 is 24.2 Å². The van der Waals surface area contributed by atoms with Crippen LogP contribution >= 0.6 is 0 Å². The molecular weight excluding hydrogens is 272 g/mol. The Morgan fingerprint density at radius 3 is 2.19 bits per heavy atom. The summed E-state index contributed by atoms with van der Waals surface area (Å²) in [5.41, 5.74) is 0.642. The maximum atomic E-state index is 12.7. The number of carboxylic acids is 1. The quantitative estimate of drug-likeness (QED) is 0.760. The fraction of sp³-hybridized carbons (Fsp3) is 0.562. The van der Waals surface area contributed by atoms with Crippen molar-refractivity contribution >= 4 is 17.5 Å². The van der Waals surface area contributed by atoms with Gasteiger partial charge in [0, 0.05) is 41.2 Å². The lowest BCUT2D eigenvalue weighted by Crippen LogP contribution is -2.32. The maximum Gasteiger partial charge on any atom is 0.304 e. The summed E-state index contributed by atoms with van der Waals surface area (Å²) in [7, 11) is 1.53. The van der Waals surface area contributed by atoms with Crippen LogP contribution in [-0.2, 0) is 19.1 Å². The molecular formula is C16H22O5. The molecule has 0 aliphatic heterocycles. The van der Waals surface area contributed by atoms with Crippen LogP contribution in [0.2, 0.25) is 0 Å². The first-order valence-corrected chi connectivity index (χ1v) is 6.84. The zero-order valence-corrected chi connectivity index (χ0v) is 13.2. The molecule has 0 saturated carbocycles. The summed E-state index contributed by atoms with van der Waals surface area (Å²) in [6.45, 7) is 6.93. The van der Waals surface area contributed by atoms with Crippen LogP contribution < -0.4 is 0 Å².